The predicted octanol–water partition coefficient (Wildman–Crippen LogP) is 2.50. The molecule has 1 aromatic carbocycles. The molecule has 10 nitrogen and oxygen atoms in total. The summed E-state index contributed by atoms with van der Waals surface area (Å²) in [6, 6.07) is 5.36. The number of hydrogen-bond donors (Lipinski definition) is 4. The molecular formula is C32H45N3O7. The van der Waals surface area contributed by atoms with Gasteiger partial charge in [0.2, 0.25) is 17.7 Å². The third-order valence-corrected chi connectivity index (χ3v) is 9.50. The van der Waals surface area contributed by atoms with Crippen LogP contribution >= 0.6 is 0 Å². The van der Waals surface area contributed by atoms with Crippen LogP contribution in [0.3, 0.4) is 0 Å². The minimum atomic E-state index is -1.14. The number of allylic oxidation sites excluding steroid dienone is 1. The van der Waals surface area contributed by atoms with Crippen LogP contribution in [0.5, 0.6) is 5.75 Å². The highest BCUT2D eigenvalue weighted by Gasteiger charge is 2.51. The monoisotopic (exact) mass is 583 g/mol. The van der Waals surface area contributed by atoms with Gasteiger partial charge in [-0.2, -0.15) is 0 Å². The summed E-state index contributed by atoms with van der Waals surface area (Å²) in [5.74, 6) is -1.94. The van der Waals surface area contributed by atoms with Crippen molar-refractivity contribution in [1.82, 2.24) is 10.6 Å². The number of epoxide rings is 1. The number of amides is 3. The van der Waals surface area contributed by atoms with E-state index in [0.717, 1.165) is 30.4 Å². The molecule has 10 heteroatoms. The third-order valence-electron chi connectivity index (χ3n) is 9.50. The van der Waals surface area contributed by atoms with E-state index in [9.17, 15) is 24.3 Å². The number of carbonyl (C=O) groups excluding carboxylic acids is 4. The normalized spacial score (nSPS) is 29.0. The standard InChI is InChI=1S/C32H45N3O7/c1-20(32(29(33)39)15-13-30(2,40)14-16-32)27(37)35-25(18-22-9-11-23(41-4)12-10-22)28(38)34-24(17-21-7-5-6-8-21)26(36)31(3)19-42-31/h7,9-12,20,24-25,40H,5-6,8,13-19H2,1-4H3,(H2,33,39)(H,34,38)(H,35,37)/t20-,24-,25-,30?,31+,32?/m0/s1. The molecule has 2 fully saturated rings. The van der Waals surface area contributed by atoms with Crippen LogP contribution in [0.15, 0.2) is 35.9 Å². The summed E-state index contributed by atoms with van der Waals surface area (Å²) in [6.07, 6.45) is 6.72. The molecule has 1 heterocycles. The lowest BCUT2D eigenvalue weighted by Gasteiger charge is -2.43. The van der Waals surface area contributed by atoms with Gasteiger partial charge in [0.1, 0.15) is 17.4 Å². The Bertz CT molecular complexity index is 1210. The maximum absolute atomic E-state index is 13.9. The number of carbonyl (C=O) groups is 4. The Balaban J connectivity index is 1.56. The number of hydrogen-bond acceptors (Lipinski definition) is 7. The zero-order valence-electron chi connectivity index (χ0n) is 25.2. The maximum atomic E-state index is 13.9. The minimum Gasteiger partial charge on any atom is -0.497 e. The fourth-order valence-corrected chi connectivity index (χ4v) is 6.17. The van der Waals surface area contributed by atoms with E-state index in [0.29, 0.717) is 31.6 Å². The second-order valence-electron chi connectivity index (χ2n) is 12.8. The quantitative estimate of drug-likeness (QED) is 0.205. The topological polar surface area (TPSA) is 160 Å². The maximum Gasteiger partial charge on any atom is 0.243 e. The van der Waals surface area contributed by atoms with Gasteiger partial charge in [-0.05, 0) is 82.9 Å². The molecule has 0 unspecified atom stereocenters. The molecule has 5 N–H and O–H groups in total. The van der Waals surface area contributed by atoms with E-state index < -0.39 is 52.3 Å². The summed E-state index contributed by atoms with van der Waals surface area (Å²) < 4.78 is 10.7. The largest absolute Gasteiger partial charge is 0.497 e. The van der Waals surface area contributed by atoms with Gasteiger partial charge in [0.15, 0.2) is 5.78 Å². The Labute approximate surface area is 247 Å². The Morgan fingerprint density at radius 2 is 1.62 bits per heavy atom. The van der Waals surface area contributed by atoms with E-state index in [2.05, 4.69) is 16.7 Å². The predicted molar refractivity (Wildman–Crippen MR) is 156 cm³/mol. The van der Waals surface area contributed by atoms with Crippen LogP contribution in [0.2, 0.25) is 0 Å². The second kappa shape index (κ2) is 12.6. The molecule has 0 aromatic heterocycles. The number of methoxy groups -OCH3 is 1. The van der Waals surface area contributed by atoms with Crippen molar-refractivity contribution in [1.29, 1.82) is 0 Å². The molecule has 4 rings (SSSR count). The van der Waals surface area contributed by atoms with Crippen LogP contribution < -0.4 is 21.1 Å². The summed E-state index contributed by atoms with van der Waals surface area (Å²) in [5, 5.41) is 16.3. The lowest BCUT2D eigenvalue weighted by Crippen LogP contribution is -2.57. The van der Waals surface area contributed by atoms with Crippen LogP contribution in [0, 0.1) is 11.3 Å². The van der Waals surface area contributed by atoms with Crippen molar-refractivity contribution in [2.45, 2.75) is 102 Å². The molecule has 0 spiro atoms. The van der Waals surface area contributed by atoms with Gasteiger partial charge in [0, 0.05) is 12.3 Å². The highest BCUT2D eigenvalue weighted by Crippen LogP contribution is 2.46. The molecule has 1 aliphatic heterocycles. The number of aliphatic hydroxyl groups is 1. The Hall–Kier alpha value is -3.24. The highest BCUT2D eigenvalue weighted by molar-refractivity contribution is 5.98. The molecule has 0 radical (unpaired) electrons. The summed E-state index contributed by atoms with van der Waals surface area (Å²) in [4.78, 5) is 53.6. The lowest BCUT2D eigenvalue weighted by molar-refractivity contribution is -0.147. The number of ketones is 1. The van der Waals surface area contributed by atoms with Gasteiger partial charge in [-0.1, -0.05) is 30.7 Å². The average molecular weight is 584 g/mol. The van der Waals surface area contributed by atoms with Crippen LogP contribution in [-0.2, 0) is 30.3 Å². The highest BCUT2D eigenvalue weighted by atomic mass is 16.6. The Morgan fingerprint density at radius 3 is 2.14 bits per heavy atom. The van der Waals surface area contributed by atoms with Crippen LogP contribution in [-0.4, -0.2) is 65.6 Å². The molecule has 1 saturated heterocycles. The SMILES string of the molecule is COc1ccc(C[C@H](NC(=O)[C@H](C)C2(C(N)=O)CCC(C)(O)CC2)C(=O)N[C@@H](CC2=CCCC2)C(=O)[C@@]2(C)CO2)cc1. The first-order valence-electron chi connectivity index (χ1n) is 14.9. The van der Waals surface area contributed by atoms with E-state index in [4.69, 9.17) is 15.2 Å². The Kier molecular flexibility index (Phi) is 9.47. The third kappa shape index (κ3) is 7.21. The van der Waals surface area contributed by atoms with Crippen molar-refractivity contribution in [3.63, 3.8) is 0 Å². The minimum absolute atomic E-state index is 0.157. The number of nitrogens with one attached hydrogen (secondary N) is 2. The number of rotatable bonds is 13. The molecule has 230 valence electrons. The van der Waals surface area contributed by atoms with E-state index in [-0.39, 0.29) is 25.0 Å². The molecule has 4 atom stereocenters. The number of primary amides is 1. The molecule has 42 heavy (non-hydrogen) atoms. The second-order valence-corrected chi connectivity index (χ2v) is 12.8. The number of Topliss-reactive ketones (excluding diaryl/α,β-unsaturated/α-hetero) is 1. The molecule has 1 saturated carbocycles. The van der Waals surface area contributed by atoms with Crippen LogP contribution in [0.4, 0.5) is 0 Å². The van der Waals surface area contributed by atoms with Crippen LogP contribution in [0.1, 0.15) is 77.7 Å². The van der Waals surface area contributed by atoms with Gasteiger partial charge in [-0.25, -0.2) is 0 Å². The van der Waals surface area contributed by atoms with Crippen LogP contribution in [0.25, 0.3) is 0 Å². The molecular weight excluding hydrogens is 538 g/mol. The van der Waals surface area contributed by atoms with E-state index in [1.165, 1.54) is 0 Å². The van der Waals surface area contributed by atoms with Gasteiger partial charge < -0.3 is 30.9 Å². The summed E-state index contributed by atoms with van der Waals surface area (Å²) in [5.41, 5.74) is 4.76. The molecule has 1 aromatic rings. The number of benzene rings is 1. The molecule has 0 bridgehead atoms. The van der Waals surface area contributed by atoms with E-state index in [1.54, 1.807) is 40.0 Å². The van der Waals surface area contributed by atoms with Crippen molar-refractivity contribution in [3.8, 4) is 5.75 Å². The fourth-order valence-electron chi connectivity index (χ4n) is 6.17. The van der Waals surface area contributed by atoms with Gasteiger partial charge in [-0.3, -0.25) is 19.2 Å². The summed E-state index contributed by atoms with van der Waals surface area (Å²) in [7, 11) is 1.56. The van der Waals surface area contributed by atoms with Gasteiger partial charge >= 0.3 is 0 Å². The van der Waals surface area contributed by atoms with Gasteiger partial charge in [0.25, 0.3) is 0 Å². The van der Waals surface area contributed by atoms with E-state index in [1.807, 2.05) is 12.1 Å². The van der Waals surface area contributed by atoms with E-state index >= 15 is 0 Å². The molecule has 3 aliphatic rings. The zero-order chi connectivity index (χ0) is 30.7. The fraction of sp³-hybridized carbons (Fsp3) is 0.625. The first-order valence-corrected chi connectivity index (χ1v) is 14.9. The zero-order valence-corrected chi connectivity index (χ0v) is 25.2. The van der Waals surface area contributed by atoms with Crippen molar-refractivity contribution >= 4 is 23.5 Å². The smallest absolute Gasteiger partial charge is 0.243 e. The average Bonchev–Trinajstić information content (AvgIpc) is 3.50. The van der Waals surface area contributed by atoms with Crippen molar-refractivity contribution in [2.75, 3.05) is 13.7 Å². The van der Waals surface area contributed by atoms with Crippen molar-refractivity contribution < 1.29 is 33.8 Å². The van der Waals surface area contributed by atoms with Crippen molar-refractivity contribution in [2.24, 2.45) is 17.1 Å². The first kappa shape index (κ1) is 31.7. The summed E-state index contributed by atoms with van der Waals surface area (Å²) >= 11 is 0. The van der Waals surface area contributed by atoms with Gasteiger partial charge in [-0.15, -0.1) is 0 Å². The Morgan fingerprint density at radius 1 is 1.00 bits per heavy atom. The molecule has 2 aliphatic carbocycles. The summed E-state index contributed by atoms with van der Waals surface area (Å²) in [6.45, 7) is 5.39. The number of nitrogens with two attached hydrogens (primary N) is 1. The van der Waals surface area contributed by atoms with Crippen molar-refractivity contribution in [3.05, 3.63) is 41.5 Å². The van der Waals surface area contributed by atoms with Gasteiger partial charge in [0.05, 0.1) is 30.8 Å². The lowest BCUT2D eigenvalue weighted by atomic mass is 9.62. The molecule has 3 amide bonds. The first-order chi connectivity index (χ1) is 19.8. The number of ether oxygens (including phenoxy) is 2.